The van der Waals surface area contributed by atoms with Gasteiger partial charge in [0.15, 0.2) is 0 Å². The summed E-state index contributed by atoms with van der Waals surface area (Å²) in [5.74, 6) is 1.45. The summed E-state index contributed by atoms with van der Waals surface area (Å²) in [6.45, 7) is 15.8. The molecule has 1 rings (SSSR count). The lowest BCUT2D eigenvalue weighted by Crippen LogP contribution is -2.54. The zero-order valence-electron chi connectivity index (χ0n) is 12.1. The van der Waals surface area contributed by atoms with Gasteiger partial charge in [0.05, 0.1) is 0 Å². The maximum Gasteiger partial charge on any atom is 0.00453 e. The van der Waals surface area contributed by atoms with E-state index in [2.05, 4.69) is 50.7 Å². The lowest BCUT2D eigenvalue weighted by atomic mass is 9.82. The van der Waals surface area contributed by atoms with Crippen LogP contribution in [-0.4, -0.2) is 38.1 Å². The first-order chi connectivity index (χ1) is 8.00. The Hall–Kier alpha value is -0.340. The Morgan fingerprint density at radius 3 is 2.47 bits per heavy atom. The molecular weight excluding hydrogens is 208 g/mol. The molecule has 0 saturated carbocycles. The van der Waals surface area contributed by atoms with Crippen LogP contribution >= 0.6 is 0 Å². The molecular formula is C15H30N2. The normalized spacial score (nSPS) is 22.8. The molecule has 1 saturated heterocycles. The average molecular weight is 238 g/mol. The van der Waals surface area contributed by atoms with Crippen molar-refractivity contribution in [2.24, 2.45) is 17.3 Å². The third-order valence-corrected chi connectivity index (χ3v) is 3.81. The molecule has 2 heteroatoms. The van der Waals surface area contributed by atoms with Gasteiger partial charge >= 0.3 is 0 Å². The van der Waals surface area contributed by atoms with Crippen molar-refractivity contribution in [3.8, 4) is 0 Å². The van der Waals surface area contributed by atoms with E-state index in [1.807, 2.05) is 0 Å². The minimum absolute atomic E-state index is 0.548. The zero-order chi connectivity index (χ0) is 12.9. The molecule has 1 heterocycles. The Bertz CT molecular complexity index is 227. The van der Waals surface area contributed by atoms with Crippen molar-refractivity contribution in [3.63, 3.8) is 0 Å². The van der Waals surface area contributed by atoms with Gasteiger partial charge in [0.1, 0.15) is 0 Å². The van der Waals surface area contributed by atoms with E-state index in [9.17, 15) is 0 Å². The number of likely N-dealkylation sites (tertiary alicyclic amines) is 1. The van der Waals surface area contributed by atoms with Crippen molar-refractivity contribution >= 4 is 0 Å². The van der Waals surface area contributed by atoms with Crippen LogP contribution in [0.1, 0.15) is 33.6 Å². The minimum atomic E-state index is 0.548. The lowest BCUT2D eigenvalue weighted by molar-refractivity contribution is 0.0161. The van der Waals surface area contributed by atoms with Crippen molar-refractivity contribution in [2.75, 3.05) is 33.2 Å². The predicted octanol–water partition coefficient (Wildman–Crippen LogP) is 2.77. The SMILES string of the molecule is C=CC(CC)CC(CNC)CN1CC(C)(C)C1. The zero-order valence-corrected chi connectivity index (χ0v) is 12.1. The molecule has 1 N–H and O–H groups in total. The molecule has 0 amide bonds. The molecule has 0 aromatic carbocycles. The quantitative estimate of drug-likeness (QED) is 0.654. The summed E-state index contributed by atoms with van der Waals surface area (Å²) in [4.78, 5) is 2.60. The van der Waals surface area contributed by atoms with Gasteiger partial charge in [-0.2, -0.15) is 0 Å². The second-order valence-corrected chi connectivity index (χ2v) is 6.40. The van der Waals surface area contributed by atoms with Crippen LogP contribution in [0.5, 0.6) is 0 Å². The number of hydrogen-bond donors (Lipinski definition) is 1. The highest BCUT2D eigenvalue weighted by molar-refractivity contribution is 4.90. The summed E-state index contributed by atoms with van der Waals surface area (Å²) in [7, 11) is 2.06. The topological polar surface area (TPSA) is 15.3 Å². The fourth-order valence-corrected chi connectivity index (χ4v) is 3.03. The molecule has 2 atom stereocenters. The van der Waals surface area contributed by atoms with Crippen LogP contribution in [0.4, 0.5) is 0 Å². The second-order valence-electron chi connectivity index (χ2n) is 6.40. The Kier molecular flexibility index (Phi) is 5.68. The summed E-state index contributed by atoms with van der Waals surface area (Å²) < 4.78 is 0. The third-order valence-electron chi connectivity index (χ3n) is 3.81. The van der Waals surface area contributed by atoms with Crippen LogP contribution in [0.15, 0.2) is 12.7 Å². The minimum Gasteiger partial charge on any atom is -0.319 e. The number of rotatable bonds is 8. The highest BCUT2D eigenvalue weighted by Crippen LogP contribution is 2.30. The molecule has 1 fully saturated rings. The van der Waals surface area contributed by atoms with Crippen LogP contribution < -0.4 is 5.32 Å². The molecule has 17 heavy (non-hydrogen) atoms. The Labute approximate surface area is 107 Å². The largest absolute Gasteiger partial charge is 0.319 e. The fraction of sp³-hybridized carbons (Fsp3) is 0.867. The maximum atomic E-state index is 3.95. The molecule has 2 nitrogen and oxygen atoms in total. The summed E-state index contributed by atoms with van der Waals surface area (Å²) in [5.41, 5.74) is 0.548. The van der Waals surface area contributed by atoms with E-state index in [1.54, 1.807) is 0 Å². The molecule has 100 valence electrons. The third kappa shape index (κ3) is 4.81. The first-order valence-corrected chi connectivity index (χ1v) is 7.00. The van der Waals surface area contributed by atoms with E-state index in [1.165, 1.54) is 32.5 Å². The highest BCUT2D eigenvalue weighted by Gasteiger charge is 2.34. The molecule has 1 aliphatic rings. The van der Waals surface area contributed by atoms with Gasteiger partial charge in [0, 0.05) is 19.6 Å². The molecule has 2 unspecified atom stereocenters. The smallest absolute Gasteiger partial charge is 0.00453 e. The first kappa shape index (κ1) is 14.7. The van der Waals surface area contributed by atoms with Crippen LogP contribution in [-0.2, 0) is 0 Å². The van der Waals surface area contributed by atoms with Crippen molar-refractivity contribution < 1.29 is 0 Å². The van der Waals surface area contributed by atoms with E-state index < -0.39 is 0 Å². The number of hydrogen-bond acceptors (Lipinski definition) is 2. The van der Waals surface area contributed by atoms with Crippen molar-refractivity contribution in [1.29, 1.82) is 0 Å². The number of nitrogens with one attached hydrogen (secondary N) is 1. The maximum absolute atomic E-state index is 3.95. The molecule has 0 bridgehead atoms. The molecule has 0 radical (unpaired) electrons. The van der Waals surface area contributed by atoms with Crippen LogP contribution in [0.2, 0.25) is 0 Å². The Morgan fingerprint density at radius 2 is 2.06 bits per heavy atom. The van der Waals surface area contributed by atoms with E-state index in [-0.39, 0.29) is 0 Å². The fourth-order valence-electron chi connectivity index (χ4n) is 3.03. The average Bonchev–Trinajstić information content (AvgIpc) is 2.23. The van der Waals surface area contributed by atoms with Gasteiger partial charge in [0.2, 0.25) is 0 Å². The van der Waals surface area contributed by atoms with E-state index in [4.69, 9.17) is 0 Å². The van der Waals surface area contributed by atoms with Gasteiger partial charge in [-0.25, -0.2) is 0 Å². The first-order valence-electron chi connectivity index (χ1n) is 7.00. The summed E-state index contributed by atoms with van der Waals surface area (Å²) in [5, 5.41) is 3.33. The van der Waals surface area contributed by atoms with Gasteiger partial charge < -0.3 is 10.2 Å². The molecule has 1 aliphatic heterocycles. The van der Waals surface area contributed by atoms with Crippen LogP contribution in [0.25, 0.3) is 0 Å². The summed E-state index contributed by atoms with van der Waals surface area (Å²) in [6, 6.07) is 0. The van der Waals surface area contributed by atoms with Gasteiger partial charge in [-0.15, -0.1) is 6.58 Å². The summed E-state index contributed by atoms with van der Waals surface area (Å²) >= 11 is 0. The van der Waals surface area contributed by atoms with Gasteiger partial charge in [-0.1, -0.05) is 26.8 Å². The van der Waals surface area contributed by atoms with Crippen LogP contribution in [0.3, 0.4) is 0 Å². The van der Waals surface area contributed by atoms with Crippen LogP contribution in [0, 0.1) is 17.3 Å². The summed E-state index contributed by atoms with van der Waals surface area (Å²) in [6.07, 6.45) is 4.62. The Morgan fingerprint density at radius 1 is 1.41 bits per heavy atom. The predicted molar refractivity (Wildman–Crippen MR) is 76.2 cm³/mol. The molecule has 0 spiro atoms. The molecule has 0 aliphatic carbocycles. The molecule has 0 aromatic rings. The number of nitrogens with zero attached hydrogens (tertiary/aromatic N) is 1. The van der Waals surface area contributed by atoms with Gasteiger partial charge in [0.25, 0.3) is 0 Å². The van der Waals surface area contributed by atoms with Gasteiger partial charge in [-0.3, -0.25) is 0 Å². The second kappa shape index (κ2) is 6.55. The lowest BCUT2D eigenvalue weighted by Gasteiger charge is -2.47. The van der Waals surface area contributed by atoms with E-state index in [0.717, 1.165) is 12.5 Å². The van der Waals surface area contributed by atoms with Gasteiger partial charge in [-0.05, 0) is 43.7 Å². The van der Waals surface area contributed by atoms with E-state index >= 15 is 0 Å². The number of allylic oxidation sites excluding steroid dienone is 1. The van der Waals surface area contributed by atoms with Crippen molar-refractivity contribution in [1.82, 2.24) is 10.2 Å². The standard InChI is InChI=1S/C15H30N2/c1-6-13(7-2)8-14(9-16-5)10-17-11-15(3,4)12-17/h6,13-14,16H,1,7-12H2,2-5H3. The van der Waals surface area contributed by atoms with E-state index in [0.29, 0.717) is 11.3 Å². The highest BCUT2D eigenvalue weighted by atomic mass is 15.2. The molecule has 0 aromatic heterocycles. The van der Waals surface area contributed by atoms with Crippen molar-refractivity contribution in [2.45, 2.75) is 33.6 Å². The Balaban J connectivity index is 2.35. The monoisotopic (exact) mass is 238 g/mol. The van der Waals surface area contributed by atoms with Crippen molar-refractivity contribution in [3.05, 3.63) is 12.7 Å².